The molecular weight excluding hydrogens is 306 g/mol. The molecule has 0 saturated heterocycles. The van der Waals surface area contributed by atoms with Gasteiger partial charge in [0.15, 0.2) is 11.5 Å². The topological polar surface area (TPSA) is 91.4 Å². The number of hydrogen-bond donors (Lipinski definition) is 1. The van der Waals surface area contributed by atoms with Crippen LogP contribution in [0.5, 0.6) is 0 Å². The normalized spacial score (nSPS) is 11.1. The number of hydrogen-bond acceptors (Lipinski definition) is 5. The molecule has 0 saturated carbocycles. The summed E-state index contributed by atoms with van der Waals surface area (Å²) >= 11 is 0. The highest BCUT2D eigenvalue weighted by atomic mass is 16.4. The third-order valence-corrected chi connectivity index (χ3v) is 3.46. The van der Waals surface area contributed by atoms with Crippen molar-refractivity contribution in [3.63, 3.8) is 0 Å². The quantitative estimate of drug-likeness (QED) is 0.550. The van der Waals surface area contributed by atoms with Crippen LogP contribution < -0.4 is 0 Å². The third-order valence-electron chi connectivity index (χ3n) is 3.46. The number of nitrogens with one attached hydrogen (secondary N) is 1. The maximum atomic E-state index is 9.60. The minimum Gasteiger partial charge on any atom is -0.464 e. The van der Waals surface area contributed by atoms with Crippen molar-refractivity contribution in [3.05, 3.63) is 66.4 Å². The van der Waals surface area contributed by atoms with E-state index in [1.807, 2.05) is 12.1 Å². The Morgan fingerprint density at radius 2 is 1.83 bits per heavy atom. The molecule has 4 aromatic heterocycles. The molecule has 6 nitrogen and oxygen atoms in total. The van der Waals surface area contributed by atoms with Gasteiger partial charge in [-0.2, -0.15) is 5.26 Å². The molecule has 0 aliphatic carbocycles. The number of aromatic amines is 1. The monoisotopic (exact) mass is 317 g/mol. The number of nitrogens with zero attached hydrogens (tertiary/aromatic N) is 2. The van der Waals surface area contributed by atoms with Crippen LogP contribution in [0.15, 0.2) is 73.4 Å². The molecule has 0 amide bonds. The van der Waals surface area contributed by atoms with Gasteiger partial charge in [-0.1, -0.05) is 0 Å². The van der Waals surface area contributed by atoms with Crippen molar-refractivity contribution in [3.8, 4) is 28.9 Å². The van der Waals surface area contributed by atoms with E-state index in [0.717, 1.165) is 5.69 Å². The van der Waals surface area contributed by atoms with E-state index in [9.17, 15) is 5.26 Å². The third kappa shape index (κ3) is 2.34. The Balaban J connectivity index is 1.89. The summed E-state index contributed by atoms with van der Waals surface area (Å²) in [7, 11) is 0. The summed E-state index contributed by atoms with van der Waals surface area (Å²) in [5.74, 6) is 1.62. The predicted molar refractivity (Wildman–Crippen MR) is 86.9 cm³/mol. The summed E-state index contributed by atoms with van der Waals surface area (Å²) in [6.45, 7) is 0. The van der Waals surface area contributed by atoms with Crippen LogP contribution in [-0.4, -0.2) is 11.2 Å². The fourth-order valence-electron chi connectivity index (χ4n) is 2.40. The molecule has 4 aromatic rings. The molecule has 0 bridgehead atoms. The lowest BCUT2D eigenvalue weighted by Gasteiger charge is -1.96. The van der Waals surface area contributed by atoms with Gasteiger partial charge in [-0.25, -0.2) is 4.99 Å². The molecule has 4 heterocycles. The second-order valence-corrected chi connectivity index (χ2v) is 4.94. The fraction of sp³-hybridized carbons (Fsp3) is 0. The van der Waals surface area contributed by atoms with Crippen LogP contribution in [0, 0.1) is 11.3 Å². The van der Waals surface area contributed by atoms with Gasteiger partial charge in [-0.3, -0.25) is 0 Å². The Labute approximate surface area is 136 Å². The van der Waals surface area contributed by atoms with Crippen LogP contribution in [0.25, 0.3) is 22.8 Å². The first kappa shape index (κ1) is 13.9. The van der Waals surface area contributed by atoms with Crippen LogP contribution in [0.4, 0.5) is 5.88 Å². The standard InChI is InChI=1S/C18H11N3O3/c19-10-13-16(14-5-2-8-22-14)17(15-6-3-9-23-15)24-18(13)21-11-12-4-1-7-20-12/h1-9,11,20H. The van der Waals surface area contributed by atoms with E-state index < -0.39 is 0 Å². The molecule has 0 spiro atoms. The predicted octanol–water partition coefficient (Wildman–Crippen LogP) is 4.75. The summed E-state index contributed by atoms with van der Waals surface area (Å²) in [5, 5.41) is 9.60. The van der Waals surface area contributed by atoms with E-state index in [1.165, 1.54) is 12.5 Å². The Morgan fingerprint density at radius 3 is 2.46 bits per heavy atom. The molecular formula is C18H11N3O3. The second-order valence-electron chi connectivity index (χ2n) is 4.94. The molecule has 0 radical (unpaired) electrons. The highest BCUT2D eigenvalue weighted by Crippen LogP contribution is 2.42. The van der Waals surface area contributed by atoms with Gasteiger partial charge in [-0.05, 0) is 36.4 Å². The van der Waals surface area contributed by atoms with Crippen molar-refractivity contribution in [2.24, 2.45) is 4.99 Å². The van der Waals surface area contributed by atoms with Gasteiger partial charge in [0.1, 0.15) is 17.4 Å². The lowest BCUT2D eigenvalue weighted by atomic mass is 10.1. The lowest BCUT2D eigenvalue weighted by Crippen LogP contribution is -1.81. The molecule has 6 heteroatoms. The summed E-state index contributed by atoms with van der Waals surface area (Å²) in [6, 6.07) is 12.9. The lowest BCUT2D eigenvalue weighted by molar-refractivity contribution is 0.527. The minimum absolute atomic E-state index is 0.199. The minimum atomic E-state index is 0.199. The van der Waals surface area contributed by atoms with Crippen LogP contribution in [0.2, 0.25) is 0 Å². The largest absolute Gasteiger partial charge is 0.464 e. The van der Waals surface area contributed by atoms with Crippen molar-refractivity contribution in [2.75, 3.05) is 0 Å². The zero-order valence-electron chi connectivity index (χ0n) is 12.4. The van der Waals surface area contributed by atoms with E-state index in [-0.39, 0.29) is 5.88 Å². The molecule has 24 heavy (non-hydrogen) atoms. The Kier molecular flexibility index (Phi) is 3.37. The number of rotatable bonds is 4. The maximum Gasteiger partial charge on any atom is 0.238 e. The summed E-state index contributed by atoms with van der Waals surface area (Å²) in [4.78, 5) is 7.30. The van der Waals surface area contributed by atoms with Gasteiger partial charge in [0.25, 0.3) is 0 Å². The molecule has 116 valence electrons. The first-order chi connectivity index (χ1) is 11.9. The average molecular weight is 317 g/mol. The van der Waals surface area contributed by atoms with E-state index in [4.69, 9.17) is 13.3 Å². The molecule has 0 aliphatic heterocycles. The van der Waals surface area contributed by atoms with E-state index in [0.29, 0.717) is 28.4 Å². The highest BCUT2D eigenvalue weighted by Gasteiger charge is 2.25. The maximum absolute atomic E-state index is 9.60. The van der Waals surface area contributed by atoms with E-state index in [1.54, 1.807) is 36.7 Å². The molecule has 0 aliphatic rings. The van der Waals surface area contributed by atoms with Gasteiger partial charge in [-0.15, -0.1) is 0 Å². The van der Waals surface area contributed by atoms with Crippen LogP contribution >= 0.6 is 0 Å². The van der Waals surface area contributed by atoms with Crippen LogP contribution in [-0.2, 0) is 0 Å². The van der Waals surface area contributed by atoms with Gasteiger partial charge in [0, 0.05) is 6.20 Å². The SMILES string of the molecule is N#Cc1c(N=Cc2ccc[nH]2)oc(-c2ccco2)c1-c1ccco1. The highest BCUT2D eigenvalue weighted by molar-refractivity contribution is 5.86. The molecule has 4 rings (SSSR count). The number of nitriles is 1. The van der Waals surface area contributed by atoms with Crippen molar-refractivity contribution in [2.45, 2.75) is 0 Å². The first-order valence-corrected chi connectivity index (χ1v) is 7.19. The zero-order valence-corrected chi connectivity index (χ0v) is 12.4. The summed E-state index contributed by atoms with van der Waals surface area (Å²) in [6.07, 6.45) is 6.46. The van der Waals surface area contributed by atoms with Gasteiger partial charge >= 0.3 is 0 Å². The van der Waals surface area contributed by atoms with Crippen molar-refractivity contribution < 1.29 is 13.3 Å². The van der Waals surface area contributed by atoms with Gasteiger partial charge in [0.05, 0.1) is 30.0 Å². The smallest absolute Gasteiger partial charge is 0.238 e. The Hall–Kier alpha value is -3.72. The van der Waals surface area contributed by atoms with E-state index >= 15 is 0 Å². The van der Waals surface area contributed by atoms with Crippen LogP contribution in [0.1, 0.15) is 11.3 Å². The van der Waals surface area contributed by atoms with Crippen molar-refractivity contribution >= 4 is 12.1 Å². The fourth-order valence-corrected chi connectivity index (χ4v) is 2.40. The first-order valence-electron chi connectivity index (χ1n) is 7.19. The molecule has 0 fully saturated rings. The number of aromatic nitrogens is 1. The molecule has 1 N–H and O–H groups in total. The summed E-state index contributed by atoms with van der Waals surface area (Å²) < 4.78 is 16.7. The number of H-pyrrole nitrogens is 1. The summed E-state index contributed by atoms with van der Waals surface area (Å²) in [5.41, 5.74) is 1.62. The second kappa shape index (κ2) is 5.82. The van der Waals surface area contributed by atoms with Gasteiger partial charge < -0.3 is 18.2 Å². The Morgan fingerprint density at radius 1 is 1.04 bits per heavy atom. The van der Waals surface area contributed by atoms with E-state index in [2.05, 4.69) is 16.0 Å². The zero-order chi connectivity index (χ0) is 16.4. The number of furan rings is 3. The van der Waals surface area contributed by atoms with Crippen molar-refractivity contribution in [1.82, 2.24) is 4.98 Å². The number of aliphatic imine (C=N–C) groups is 1. The van der Waals surface area contributed by atoms with Crippen molar-refractivity contribution in [1.29, 1.82) is 5.26 Å². The van der Waals surface area contributed by atoms with Gasteiger partial charge in [0.2, 0.25) is 5.88 Å². The molecule has 0 unspecified atom stereocenters. The average Bonchev–Trinajstić information content (AvgIpc) is 3.40. The molecule has 0 aromatic carbocycles. The van der Waals surface area contributed by atoms with Crippen LogP contribution in [0.3, 0.4) is 0 Å². The Bertz CT molecular complexity index is 999. The molecule has 0 atom stereocenters.